The molecule has 0 spiro atoms. The molecule has 0 radical (unpaired) electrons. The van der Waals surface area contributed by atoms with Crippen molar-refractivity contribution in [3.63, 3.8) is 0 Å². The van der Waals surface area contributed by atoms with Gasteiger partial charge in [-0.05, 0) is 0 Å². The van der Waals surface area contributed by atoms with E-state index in [1.54, 1.807) is 5.73 Å². The first kappa shape index (κ1) is 7.20. The van der Waals surface area contributed by atoms with E-state index < -0.39 is 11.7 Å². The van der Waals surface area contributed by atoms with Crippen LogP contribution in [-0.4, -0.2) is 26.4 Å². The maximum atomic E-state index is 8.19. The predicted molar refractivity (Wildman–Crippen MR) is 24.7 cm³/mol. The third kappa shape index (κ3) is 1.77. The molecule has 0 aromatic rings. The summed E-state index contributed by atoms with van der Waals surface area (Å²) in [6.07, 6.45) is 0. The zero-order valence-electron chi connectivity index (χ0n) is 4.00. The highest BCUT2D eigenvalue weighted by atomic mass is 16.7. The van der Waals surface area contributed by atoms with Gasteiger partial charge in [-0.25, -0.2) is 0 Å². The molecule has 0 aliphatic heterocycles. The van der Waals surface area contributed by atoms with Gasteiger partial charge in [-0.15, -0.1) is 0 Å². The minimum absolute atomic E-state index is 1.11. The highest BCUT2D eigenvalue weighted by Crippen LogP contribution is 2.01. The number of aliphatic hydroxyl groups excluding tert-OH is 1. The maximum Gasteiger partial charge on any atom is 0.345 e. The average molecular weight is 118 g/mol. The van der Waals surface area contributed by atoms with Crippen LogP contribution >= 0.6 is 0 Å². The summed E-state index contributed by atoms with van der Waals surface area (Å²) < 4.78 is 0. The summed E-state index contributed by atoms with van der Waals surface area (Å²) in [4.78, 5) is 0. The molecule has 0 saturated heterocycles. The van der Waals surface area contributed by atoms with Crippen molar-refractivity contribution in [1.82, 2.24) is 0 Å². The van der Waals surface area contributed by atoms with Crippen molar-refractivity contribution in [3.05, 3.63) is 18.1 Å². The van der Waals surface area contributed by atoms with Gasteiger partial charge in [-0.3, -0.25) is 0 Å². The summed E-state index contributed by atoms with van der Waals surface area (Å²) in [5.41, 5.74) is 1.68. The van der Waals surface area contributed by atoms with Crippen molar-refractivity contribution in [2.75, 3.05) is 0 Å². The lowest BCUT2D eigenvalue weighted by molar-refractivity contribution is -0.298. The molecule has 0 bridgehead atoms. The molecule has 0 amide bonds. The van der Waals surface area contributed by atoms with E-state index in [1.807, 2.05) is 0 Å². The Morgan fingerprint density at radius 1 is 1.38 bits per heavy atom. The highest BCUT2D eigenvalue weighted by molar-refractivity contribution is 4.92. The molecule has 4 heteroatoms. The topological polar surface area (TPSA) is 80.9 Å². The van der Waals surface area contributed by atoms with Gasteiger partial charge in [0.15, 0.2) is 0 Å². The monoisotopic (exact) mass is 118 g/mol. The average Bonchev–Trinajstić information content (AvgIpc) is 1.62. The van der Waals surface area contributed by atoms with Crippen LogP contribution in [0, 0.1) is 0 Å². The van der Waals surface area contributed by atoms with Crippen LogP contribution in [0.4, 0.5) is 0 Å². The van der Waals surface area contributed by atoms with Gasteiger partial charge in [-0.2, -0.15) is 0 Å². The predicted octanol–water partition coefficient (Wildman–Crippen LogP) is -1.16. The van der Waals surface area contributed by atoms with Crippen LogP contribution in [0.1, 0.15) is 0 Å². The van der Waals surface area contributed by atoms with Gasteiger partial charge in [0.1, 0.15) is 0 Å². The zero-order valence-corrected chi connectivity index (χ0v) is 4.00. The molecular formula is C4H6O4. The zero-order chi connectivity index (χ0) is 6.78. The molecule has 0 saturated carbocycles. The minimum atomic E-state index is -3.19. The van der Waals surface area contributed by atoms with Gasteiger partial charge in [-0.1, -0.05) is 12.3 Å². The van der Waals surface area contributed by atoms with Gasteiger partial charge in [0.05, 0.1) is 0 Å². The lowest BCUT2D eigenvalue weighted by Crippen LogP contribution is -2.29. The van der Waals surface area contributed by atoms with E-state index in [0.29, 0.717) is 0 Å². The third-order valence-electron chi connectivity index (χ3n) is 0.485. The molecule has 0 aliphatic rings. The SMILES string of the molecule is C=C=C(O)C(O)(O)O. The summed E-state index contributed by atoms with van der Waals surface area (Å²) in [6.45, 7) is 2.84. The Hall–Kier alpha value is -0.800. The van der Waals surface area contributed by atoms with Crippen molar-refractivity contribution in [1.29, 1.82) is 0 Å². The van der Waals surface area contributed by atoms with Crippen LogP contribution in [-0.2, 0) is 0 Å². The maximum absolute atomic E-state index is 8.19. The lowest BCUT2D eigenvalue weighted by Gasteiger charge is -2.08. The van der Waals surface area contributed by atoms with Crippen LogP contribution < -0.4 is 0 Å². The normalized spacial score (nSPS) is 10.4. The number of rotatable bonds is 1. The summed E-state index contributed by atoms with van der Waals surface area (Å²) in [5.74, 6) is -4.31. The van der Waals surface area contributed by atoms with Gasteiger partial charge in [0.25, 0.3) is 0 Å². The molecule has 0 heterocycles. The molecule has 0 rings (SSSR count). The molecule has 0 unspecified atom stereocenters. The molecule has 0 fully saturated rings. The molecule has 46 valence electrons. The van der Waals surface area contributed by atoms with Gasteiger partial charge in [0.2, 0.25) is 5.76 Å². The second kappa shape index (κ2) is 1.98. The van der Waals surface area contributed by atoms with Crippen LogP contribution in [0.2, 0.25) is 0 Å². The van der Waals surface area contributed by atoms with E-state index in [1.165, 1.54) is 0 Å². The van der Waals surface area contributed by atoms with E-state index in [0.717, 1.165) is 0 Å². The van der Waals surface area contributed by atoms with Gasteiger partial charge >= 0.3 is 5.97 Å². The van der Waals surface area contributed by atoms with Gasteiger partial charge < -0.3 is 20.4 Å². The number of aliphatic hydroxyl groups is 4. The van der Waals surface area contributed by atoms with Crippen molar-refractivity contribution in [2.45, 2.75) is 5.97 Å². The van der Waals surface area contributed by atoms with E-state index in [9.17, 15) is 0 Å². The fraction of sp³-hybridized carbons (Fsp3) is 0.250. The molecule has 0 aromatic carbocycles. The second-order valence-electron chi connectivity index (χ2n) is 1.16. The first-order valence-electron chi connectivity index (χ1n) is 1.75. The smallest absolute Gasteiger partial charge is 0.345 e. The van der Waals surface area contributed by atoms with Gasteiger partial charge in [0, 0.05) is 0 Å². The summed E-state index contributed by atoms with van der Waals surface area (Å²) >= 11 is 0. The van der Waals surface area contributed by atoms with E-state index in [-0.39, 0.29) is 0 Å². The first-order chi connectivity index (χ1) is 3.48. The van der Waals surface area contributed by atoms with Crippen molar-refractivity contribution in [2.24, 2.45) is 0 Å². The molecule has 0 aliphatic carbocycles. The Morgan fingerprint density at radius 2 is 1.75 bits per heavy atom. The minimum Gasteiger partial charge on any atom is -0.498 e. The Bertz CT molecular complexity index is 125. The summed E-state index contributed by atoms with van der Waals surface area (Å²) in [7, 11) is 0. The Morgan fingerprint density at radius 3 is 1.75 bits per heavy atom. The van der Waals surface area contributed by atoms with Crippen LogP contribution in [0.25, 0.3) is 0 Å². The van der Waals surface area contributed by atoms with Crippen molar-refractivity contribution in [3.8, 4) is 0 Å². The fourth-order valence-electron chi connectivity index (χ4n) is 0.119. The molecule has 0 atom stereocenters. The third-order valence-corrected chi connectivity index (χ3v) is 0.485. The number of hydrogen-bond acceptors (Lipinski definition) is 4. The summed E-state index contributed by atoms with van der Waals surface area (Å²) in [5, 5.41) is 32.2. The molecule has 4 N–H and O–H groups in total. The molecule has 8 heavy (non-hydrogen) atoms. The standard InChI is InChI=1S/C4H6O4/c1-2-3(5)4(6,7)8/h5-8H,1H2. The first-order valence-corrected chi connectivity index (χ1v) is 1.75. The van der Waals surface area contributed by atoms with Crippen molar-refractivity contribution >= 4 is 0 Å². The molecular weight excluding hydrogens is 112 g/mol. The van der Waals surface area contributed by atoms with E-state index >= 15 is 0 Å². The number of hydrogen-bond donors (Lipinski definition) is 4. The molecule has 4 nitrogen and oxygen atoms in total. The molecule has 0 aromatic heterocycles. The Labute approximate surface area is 45.6 Å². The van der Waals surface area contributed by atoms with E-state index in [4.69, 9.17) is 20.4 Å². The Balaban J connectivity index is 4.26. The van der Waals surface area contributed by atoms with Crippen LogP contribution in [0.15, 0.2) is 18.1 Å². The van der Waals surface area contributed by atoms with Crippen molar-refractivity contribution < 1.29 is 20.4 Å². The lowest BCUT2D eigenvalue weighted by atomic mass is 10.5. The van der Waals surface area contributed by atoms with Crippen LogP contribution in [0.3, 0.4) is 0 Å². The highest BCUT2D eigenvalue weighted by Gasteiger charge is 2.23. The van der Waals surface area contributed by atoms with E-state index in [2.05, 4.69) is 6.58 Å². The largest absolute Gasteiger partial charge is 0.498 e. The van der Waals surface area contributed by atoms with Crippen LogP contribution in [0.5, 0.6) is 0 Å². The Kier molecular flexibility index (Phi) is 1.78. The quantitative estimate of drug-likeness (QED) is 0.199. The summed E-state index contributed by atoms with van der Waals surface area (Å²) in [6, 6.07) is 0. The fourth-order valence-corrected chi connectivity index (χ4v) is 0.119. The second-order valence-corrected chi connectivity index (χ2v) is 1.16.